The summed E-state index contributed by atoms with van der Waals surface area (Å²) in [6, 6.07) is 12.4. The Bertz CT molecular complexity index is 861. The highest BCUT2D eigenvalue weighted by Crippen LogP contribution is 2.35. The third-order valence-corrected chi connectivity index (χ3v) is 4.36. The zero-order valence-electron chi connectivity index (χ0n) is 15.1. The van der Waals surface area contributed by atoms with Crippen LogP contribution in [0, 0.1) is 0 Å². The first-order chi connectivity index (χ1) is 12.8. The standard InChI is InChI=1S/C20H20F3N3O/c1-25(2)10-11-26-17-9-8-15(20(21,22)23)12-16(17)19(24-13-18(26)27)14-6-4-3-5-7-14/h3-9,12H,10-11,13H2,1-2H3. The van der Waals surface area contributed by atoms with Gasteiger partial charge in [0.25, 0.3) is 0 Å². The molecule has 0 atom stereocenters. The number of amides is 1. The second kappa shape index (κ2) is 7.52. The van der Waals surface area contributed by atoms with Crippen LogP contribution in [0.25, 0.3) is 0 Å². The van der Waals surface area contributed by atoms with Gasteiger partial charge in [0.05, 0.1) is 17.0 Å². The summed E-state index contributed by atoms with van der Waals surface area (Å²) in [6.07, 6.45) is -4.47. The van der Waals surface area contributed by atoms with E-state index in [1.165, 1.54) is 11.0 Å². The van der Waals surface area contributed by atoms with E-state index in [1.54, 1.807) is 24.3 Å². The molecule has 0 unspecified atom stereocenters. The Labute approximate surface area is 155 Å². The normalized spacial score (nSPS) is 14.8. The fraction of sp³-hybridized carbons (Fsp3) is 0.300. The van der Waals surface area contributed by atoms with Crippen LogP contribution in [0.2, 0.25) is 0 Å². The van der Waals surface area contributed by atoms with Gasteiger partial charge in [-0.25, -0.2) is 0 Å². The average molecular weight is 375 g/mol. The fourth-order valence-corrected chi connectivity index (χ4v) is 2.98. The van der Waals surface area contributed by atoms with Crippen molar-refractivity contribution in [3.05, 3.63) is 65.2 Å². The number of carbonyl (C=O) groups is 1. The van der Waals surface area contributed by atoms with E-state index in [4.69, 9.17) is 0 Å². The van der Waals surface area contributed by atoms with Gasteiger partial charge in [0.1, 0.15) is 6.54 Å². The molecule has 3 rings (SSSR count). The molecule has 0 radical (unpaired) electrons. The summed E-state index contributed by atoms with van der Waals surface area (Å²) >= 11 is 0. The summed E-state index contributed by atoms with van der Waals surface area (Å²) in [5, 5.41) is 0. The maximum absolute atomic E-state index is 13.3. The predicted molar refractivity (Wildman–Crippen MR) is 99.3 cm³/mol. The molecular weight excluding hydrogens is 355 g/mol. The first-order valence-electron chi connectivity index (χ1n) is 8.54. The first-order valence-corrected chi connectivity index (χ1v) is 8.54. The third kappa shape index (κ3) is 4.19. The Kier molecular flexibility index (Phi) is 5.32. The van der Waals surface area contributed by atoms with Gasteiger partial charge in [-0.15, -0.1) is 0 Å². The molecular formula is C20H20F3N3O. The van der Waals surface area contributed by atoms with Gasteiger partial charge in [-0.3, -0.25) is 9.79 Å². The Morgan fingerprint density at radius 2 is 1.81 bits per heavy atom. The fourth-order valence-electron chi connectivity index (χ4n) is 2.98. The van der Waals surface area contributed by atoms with Crippen molar-refractivity contribution in [2.75, 3.05) is 38.6 Å². The summed E-state index contributed by atoms with van der Waals surface area (Å²) in [7, 11) is 3.75. The number of hydrogen-bond acceptors (Lipinski definition) is 3. The van der Waals surface area contributed by atoms with E-state index >= 15 is 0 Å². The van der Waals surface area contributed by atoms with Crippen LogP contribution >= 0.6 is 0 Å². The highest BCUT2D eigenvalue weighted by Gasteiger charge is 2.33. The molecule has 1 amide bonds. The molecule has 0 spiro atoms. The van der Waals surface area contributed by atoms with Crippen molar-refractivity contribution in [1.82, 2.24) is 4.90 Å². The minimum Gasteiger partial charge on any atom is -0.309 e. The summed E-state index contributed by atoms with van der Waals surface area (Å²) in [5.74, 6) is -0.233. The molecule has 0 N–H and O–H groups in total. The quantitative estimate of drug-likeness (QED) is 0.821. The van der Waals surface area contributed by atoms with E-state index in [9.17, 15) is 18.0 Å². The van der Waals surface area contributed by atoms with Crippen LogP contribution in [0.1, 0.15) is 16.7 Å². The molecule has 142 valence electrons. The van der Waals surface area contributed by atoms with E-state index in [0.717, 1.165) is 12.1 Å². The van der Waals surface area contributed by atoms with Gasteiger partial charge in [-0.1, -0.05) is 30.3 Å². The van der Waals surface area contributed by atoms with Gasteiger partial charge in [-0.2, -0.15) is 13.2 Å². The number of likely N-dealkylation sites (N-methyl/N-ethyl adjacent to an activating group) is 1. The van der Waals surface area contributed by atoms with Crippen LogP contribution in [-0.2, 0) is 11.0 Å². The Morgan fingerprint density at radius 3 is 2.44 bits per heavy atom. The first kappa shape index (κ1) is 19.1. The molecule has 4 nitrogen and oxygen atoms in total. The van der Waals surface area contributed by atoms with Gasteiger partial charge in [-0.05, 0) is 32.3 Å². The monoisotopic (exact) mass is 375 g/mol. The molecule has 2 aromatic carbocycles. The van der Waals surface area contributed by atoms with Gasteiger partial charge in [0.15, 0.2) is 0 Å². The zero-order chi connectivity index (χ0) is 19.6. The molecule has 0 aromatic heterocycles. The number of alkyl halides is 3. The molecule has 7 heteroatoms. The number of hydrogen-bond donors (Lipinski definition) is 0. The molecule has 1 heterocycles. The molecule has 27 heavy (non-hydrogen) atoms. The second-order valence-corrected chi connectivity index (χ2v) is 6.61. The van der Waals surface area contributed by atoms with Crippen molar-refractivity contribution in [3.63, 3.8) is 0 Å². The van der Waals surface area contributed by atoms with Crippen molar-refractivity contribution in [3.8, 4) is 0 Å². The van der Waals surface area contributed by atoms with Gasteiger partial charge >= 0.3 is 6.18 Å². The third-order valence-electron chi connectivity index (χ3n) is 4.36. The van der Waals surface area contributed by atoms with Crippen LogP contribution in [-0.4, -0.2) is 50.2 Å². The number of carbonyl (C=O) groups excluding carboxylic acids is 1. The molecule has 0 saturated carbocycles. The SMILES string of the molecule is CN(C)CCN1C(=O)CN=C(c2ccccc2)c2cc(C(F)(F)F)ccc21. The Balaban J connectivity index is 2.15. The molecule has 0 fully saturated rings. The van der Waals surface area contributed by atoms with E-state index < -0.39 is 11.7 Å². The van der Waals surface area contributed by atoms with Crippen LogP contribution in [0.4, 0.5) is 18.9 Å². The minimum atomic E-state index is -4.47. The van der Waals surface area contributed by atoms with Gasteiger partial charge < -0.3 is 9.80 Å². The van der Waals surface area contributed by atoms with E-state index in [0.29, 0.717) is 35.6 Å². The van der Waals surface area contributed by atoms with Crippen molar-refractivity contribution >= 4 is 17.3 Å². The Morgan fingerprint density at radius 1 is 1.11 bits per heavy atom. The summed E-state index contributed by atoms with van der Waals surface area (Å²) in [6.45, 7) is 0.863. The van der Waals surface area contributed by atoms with Crippen molar-refractivity contribution in [2.45, 2.75) is 6.18 Å². The largest absolute Gasteiger partial charge is 0.416 e. The lowest BCUT2D eigenvalue weighted by Crippen LogP contribution is -2.38. The van der Waals surface area contributed by atoms with Crippen LogP contribution in [0.15, 0.2) is 53.5 Å². The summed E-state index contributed by atoms with van der Waals surface area (Å²) < 4.78 is 39.9. The lowest BCUT2D eigenvalue weighted by Gasteiger charge is -2.25. The zero-order valence-corrected chi connectivity index (χ0v) is 15.1. The number of nitrogens with zero attached hydrogens (tertiary/aromatic N) is 3. The maximum atomic E-state index is 13.3. The van der Waals surface area contributed by atoms with Crippen molar-refractivity contribution in [1.29, 1.82) is 0 Å². The molecule has 1 aliphatic heterocycles. The molecule has 0 bridgehead atoms. The lowest BCUT2D eigenvalue weighted by molar-refractivity contribution is -0.137. The van der Waals surface area contributed by atoms with Crippen LogP contribution in [0.3, 0.4) is 0 Å². The minimum absolute atomic E-state index is 0.103. The lowest BCUT2D eigenvalue weighted by atomic mass is 9.98. The molecule has 0 aliphatic carbocycles. The number of aliphatic imine (C=N–C) groups is 1. The molecule has 1 aliphatic rings. The second-order valence-electron chi connectivity index (χ2n) is 6.61. The number of halogens is 3. The maximum Gasteiger partial charge on any atom is 0.416 e. The van der Waals surface area contributed by atoms with Crippen LogP contribution in [0.5, 0.6) is 0 Å². The van der Waals surface area contributed by atoms with Crippen LogP contribution < -0.4 is 4.90 Å². The number of fused-ring (bicyclic) bond motifs is 1. The average Bonchev–Trinajstić information content (AvgIpc) is 2.75. The highest BCUT2D eigenvalue weighted by molar-refractivity contribution is 6.19. The predicted octanol–water partition coefficient (Wildman–Crippen LogP) is 3.45. The summed E-state index contributed by atoms with van der Waals surface area (Å²) in [4.78, 5) is 20.4. The van der Waals surface area contributed by atoms with E-state index in [2.05, 4.69) is 4.99 Å². The van der Waals surface area contributed by atoms with E-state index in [1.807, 2.05) is 25.1 Å². The van der Waals surface area contributed by atoms with Gasteiger partial charge in [0, 0.05) is 24.2 Å². The molecule has 0 saturated heterocycles. The number of anilines is 1. The topological polar surface area (TPSA) is 35.9 Å². The van der Waals surface area contributed by atoms with E-state index in [-0.39, 0.29) is 12.5 Å². The van der Waals surface area contributed by atoms with Gasteiger partial charge in [0.2, 0.25) is 5.91 Å². The number of benzene rings is 2. The van der Waals surface area contributed by atoms with Crippen molar-refractivity contribution in [2.24, 2.45) is 4.99 Å². The molecule has 2 aromatic rings. The number of benzodiazepines with no additional fused rings is 1. The number of rotatable bonds is 4. The van der Waals surface area contributed by atoms with Crippen molar-refractivity contribution < 1.29 is 18.0 Å². The smallest absolute Gasteiger partial charge is 0.309 e. The highest BCUT2D eigenvalue weighted by atomic mass is 19.4. The Hall–Kier alpha value is -2.67. The summed E-state index contributed by atoms with van der Waals surface area (Å²) in [5.41, 5.74) is 1.10.